The highest BCUT2D eigenvalue weighted by Gasteiger charge is 2.64. The van der Waals surface area contributed by atoms with E-state index in [2.05, 4.69) is 0 Å². The van der Waals surface area contributed by atoms with E-state index in [-0.39, 0.29) is 12.8 Å². The molecule has 1 rings (SSSR count). The first kappa shape index (κ1) is 9.51. The van der Waals surface area contributed by atoms with Gasteiger partial charge in [0.2, 0.25) is 5.60 Å². The lowest BCUT2D eigenvalue weighted by molar-refractivity contribution is -0.256. The van der Waals surface area contributed by atoms with Crippen LogP contribution in [0.5, 0.6) is 0 Å². The van der Waals surface area contributed by atoms with Gasteiger partial charge in [0.25, 0.3) is 0 Å². The minimum absolute atomic E-state index is 0.273. The molecular formula is C7H9F3O2. The molecule has 0 saturated heterocycles. The summed E-state index contributed by atoms with van der Waals surface area (Å²) >= 11 is 0. The van der Waals surface area contributed by atoms with Gasteiger partial charge in [-0.25, -0.2) is 0 Å². The third kappa shape index (κ3) is 1.22. The van der Waals surface area contributed by atoms with Crippen molar-refractivity contribution in [1.29, 1.82) is 0 Å². The number of carbonyl (C=O) groups is 1. The van der Waals surface area contributed by atoms with Crippen LogP contribution < -0.4 is 0 Å². The quantitative estimate of drug-likeness (QED) is 0.698. The summed E-state index contributed by atoms with van der Waals surface area (Å²) in [6, 6.07) is 0. The van der Waals surface area contributed by atoms with Crippen molar-refractivity contribution in [3.05, 3.63) is 0 Å². The number of Topliss-reactive ketones (excluding diaryl/α,β-unsaturated/α-hetero) is 1. The minimum atomic E-state index is -4.83. The minimum Gasteiger partial charge on any atom is -0.374 e. The molecule has 0 aromatic rings. The molecule has 0 bridgehead atoms. The Hall–Kier alpha value is -0.580. The van der Waals surface area contributed by atoms with E-state index in [4.69, 9.17) is 5.11 Å². The summed E-state index contributed by atoms with van der Waals surface area (Å²) in [6.07, 6.45) is -4.29. The van der Waals surface area contributed by atoms with Crippen LogP contribution in [0, 0.1) is 5.92 Å². The Morgan fingerprint density at radius 2 is 1.83 bits per heavy atom. The molecular weight excluding hydrogens is 173 g/mol. The number of aliphatic hydroxyl groups is 1. The molecule has 1 atom stereocenters. The maximum Gasteiger partial charge on any atom is 0.424 e. The smallest absolute Gasteiger partial charge is 0.374 e. The van der Waals surface area contributed by atoms with Crippen molar-refractivity contribution in [1.82, 2.24) is 0 Å². The first-order valence-corrected chi connectivity index (χ1v) is 3.60. The zero-order valence-electron chi connectivity index (χ0n) is 6.48. The maximum absolute atomic E-state index is 12.2. The Kier molecular flexibility index (Phi) is 1.94. The number of halogens is 3. The third-order valence-corrected chi connectivity index (χ3v) is 2.14. The summed E-state index contributed by atoms with van der Waals surface area (Å²) in [6.45, 7) is 0.770. The lowest BCUT2D eigenvalue weighted by Crippen LogP contribution is -2.52. The summed E-state index contributed by atoms with van der Waals surface area (Å²) in [7, 11) is 0. The molecule has 0 radical (unpaired) electrons. The molecule has 1 aliphatic carbocycles. The van der Waals surface area contributed by atoms with Gasteiger partial charge in [-0.3, -0.25) is 4.79 Å². The topological polar surface area (TPSA) is 37.3 Å². The van der Waals surface area contributed by atoms with Crippen molar-refractivity contribution in [2.75, 3.05) is 0 Å². The van der Waals surface area contributed by atoms with Crippen molar-refractivity contribution in [2.45, 2.75) is 31.5 Å². The van der Waals surface area contributed by atoms with Crippen molar-refractivity contribution in [2.24, 2.45) is 5.92 Å². The third-order valence-electron chi connectivity index (χ3n) is 2.14. The monoisotopic (exact) mass is 182 g/mol. The summed E-state index contributed by atoms with van der Waals surface area (Å²) in [5.41, 5.74) is -3.09. The van der Waals surface area contributed by atoms with Gasteiger partial charge in [0, 0.05) is 5.92 Å². The van der Waals surface area contributed by atoms with Crippen LogP contribution in [0.25, 0.3) is 0 Å². The Labute approximate surface area is 67.4 Å². The molecule has 12 heavy (non-hydrogen) atoms. The molecule has 1 N–H and O–H groups in total. The van der Waals surface area contributed by atoms with Crippen LogP contribution in [-0.4, -0.2) is 22.7 Å². The molecule has 1 saturated carbocycles. The molecule has 0 spiro atoms. The average molecular weight is 182 g/mol. The van der Waals surface area contributed by atoms with Crippen molar-refractivity contribution < 1.29 is 23.1 Å². The second kappa shape index (κ2) is 2.45. The van der Waals surface area contributed by atoms with Gasteiger partial charge in [-0.2, -0.15) is 13.2 Å². The standard InChI is InChI=1S/C7H9F3O2/c1-4(11)6(12,5-2-3-5)7(8,9)10/h5,12H,2-3H2,1H3/t6-/m0/s1. The van der Waals surface area contributed by atoms with Gasteiger partial charge in [-0.05, 0) is 19.8 Å². The van der Waals surface area contributed by atoms with E-state index in [0.717, 1.165) is 6.92 Å². The number of carbonyl (C=O) groups excluding carboxylic acids is 1. The zero-order valence-corrected chi connectivity index (χ0v) is 6.48. The second-order valence-electron chi connectivity index (χ2n) is 3.09. The number of hydrogen-bond acceptors (Lipinski definition) is 2. The maximum atomic E-state index is 12.2. The van der Waals surface area contributed by atoms with Gasteiger partial charge in [0.05, 0.1) is 0 Å². The van der Waals surface area contributed by atoms with Crippen LogP contribution in [0.1, 0.15) is 19.8 Å². The van der Waals surface area contributed by atoms with E-state index >= 15 is 0 Å². The lowest BCUT2D eigenvalue weighted by Gasteiger charge is -2.27. The summed E-state index contributed by atoms with van der Waals surface area (Å²) in [5.74, 6) is -2.13. The Balaban J connectivity index is 2.93. The molecule has 1 fully saturated rings. The van der Waals surface area contributed by atoms with Gasteiger partial charge in [-0.1, -0.05) is 0 Å². The van der Waals surface area contributed by atoms with Crippen molar-refractivity contribution >= 4 is 5.78 Å². The van der Waals surface area contributed by atoms with Crippen LogP contribution in [0.15, 0.2) is 0 Å². The van der Waals surface area contributed by atoms with Crippen LogP contribution >= 0.6 is 0 Å². The van der Waals surface area contributed by atoms with E-state index in [1.54, 1.807) is 0 Å². The van der Waals surface area contributed by atoms with Gasteiger partial charge in [0.15, 0.2) is 5.78 Å². The molecule has 1 aliphatic rings. The predicted octanol–water partition coefficient (Wildman–Crippen LogP) is 1.28. The molecule has 5 heteroatoms. The highest BCUT2D eigenvalue weighted by atomic mass is 19.4. The van der Waals surface area contributed by atoms with Gasteiger partial charge < -0.3 is 5.11 Å². The highest BCUT2D eigenvalue weighted by molar-refractivity contribution is 5.86. The molecule has 0 aliphatic heterocycles. The van der Waals surface area contributed by atoms with E-state index in [0.29, 0.717) is 0 Å². The number of ketones is 1. The summed E-state index contributed by atoms with van der Waals surface area (Å²) < 4.78 is 36.5. The van der Waals surface area contributed by atoms with E-state index in [1.165, 1.54) is 0 Å². The van der Waals surface area contributed by atoms with Gasteiger partial charge >= 0.3 is 6.18 Å². The van der Waals surface area contributed by atoms with Crippen molar-refractivity contribution in [3.8, 4) is 0 Å². The van der Waals surface area contributed by atoms with E-state index < -0.39 is 23.5 Å². The zero-order chi connectivity index (χ0) is 9.57. The van der Waals surface area contributed by atoms with Gasteiger partial charge in [-0.15, -0.1) is 0 Å². The number of rotatable bonds is 2. The Morgan fingerprint density at radius 1 is 1.42 bits per heavy atom. The van der Waals surface area contributed by atoms with Crippen LogP contribution in [0.3, 0.4) is 0 Å². The molecule has 0 aromatic heterocycles. The molecule has 70 valence electrons. The van der Waals surface area contributed by atoms with E-state index in [9.17, 15) is 18.0 Å². The molecule has 0 amide bonds. The highest BCUT2D eigenvalue weighted by Crippen LogP contribution is 2.48. The van der Waals surface area contributed by atoms with E-state index in [1.807, 2.05) is 0 Å². The fourth-order valence-corrected chi connectivity index (χ4v) is 1.22. The Morgan fingerprint density at radius 3 is 1.92 bits per heavy atom. The van der Waals surface area contributed by atoms with Crippen LogP contribution in [0.4, 0.5) is 13.2 Å². The fourth-order valence-electron chi connectivity index (χ4n) is 1.22. The summed E-state index contributed by atoms with van der Waals surface area (Å²) in [5, 5.41) is 9.09. The second-order valence-corrected chi connectivity index (χ2v) is 3.09. The van der Waals surface area contributed by atoms with Crippen molar-refractivity contribution in [3.63, 3.8) is 0 Å². The SMILES string of the molecule is CC(=O)[C@](O)(C1CC1)C(F)(F)F. The lowest BCUT2D eigenvalue weighted by atomic mass is 9.93. The molecule has 2 nitrogen and oxygen atoms in total. The van der Waals surface area contributed by atoms with Crippen LogP contribution in [-0.2, 0) is 4.79 Å². The molecule has 0 heterocycles. The molecule has 0 unspecified atom stereocenters. The fraction of sp³-hybridized carbons (Fsp3) is 0.857. The Bertz CT molecular complexity index is 207. The summed E-state index contributed by atoms with van der Waals surface area (Å²) in [4.78, 5) is 10.6. The van der Waals surface area contributed by atoms with Crippen LogP contribution in [0.2, 0.25) is 0 Å². The average Bonchev–Trinajstić information content (AvgIpc) is 2.63. The predicted molar refractivity (Wildman–Crippen MR) is 34.4 cm³/mol. The number of alkyl halides is 3. The largest absolute Gasteiger partial charge is 0.424 e. The normalized spacial score (nSPS) is 23.4. The first-order valence-electron chi connectivity index (χ1n) is 3.60. The molecule has 0 aromatic carbocycles. The van der Waals surface area contributed by atoms with Gasteiger partial charge in [0.1, 0.15) is 0 Å². The number of hydrogen-bond donors (Lipinski definition) is 1. The first-order chi connectivity index (χ1) is 5.30.